The second kappa shape index (κ2) is 16.0. The second-order valence-electron chi connectivity index (χ2n) is 7.84. The first-order valence-corrected chi connectivity index (χ1v) is 10.9. The van der Waals surface area contributed by atoms with Gasteiger partial charge in [0.2, 0.25) is 0 Å². The van der Waals surface area contributed by atoms with Gasteiger partial charge in [-0.1, -0.05) is 18.2 Å². The van der Waals surface area contributed by atoms with Crippen LogP contribution in [0.3, 0.4) is 0 Å². The summed E-state index contributed by atoms with van der Waals surface area (Å²) in [6.07, 6.45) is -0.0402. The number of aliphatic carboxylic acids is 5. The standard InChI is InChI=1S/C22H31N3O11/c26-18(27)12-23(7-8-24(13-19(28)29)14-20(30)31)9-10-25(15-21(32)33)17(22(34)35)6-11-36-16-4-2-1-3-5-16/h1-5,17H,6-15H2,(H,26,27)(H,28,29)(H,30,31)(H,32,33)(H,34,35)/t17-/m1/s1. The van der Waals surface area contributed by atoms with E-state index in [2.05, 4.69) is 0 Å². The predicted molar refractivity (Wildman–Crippen MR) is 123 cm³/mol. The molecule has 0 unspecified atom stereocenters. The Labute approximate surface area is 206 Å². The summed E-state index contributed by atoms with van der Waals surface area (Å²) in [4.78, 5) is 60.2. The molecule has 0 saturated heterocycles. The van der Waals surface area contributed by atoms with Crippen molar-refractivity contribution in [2.24, 2.45) is 0 Å². The minimum atomic E-state index is -1.27. The summed E-state index contributed by atoms with van der Waals surface area (Å²) in [5, 5.41) is 46.1. The Kier molecular flexibility index (Phi) is 13.5. The molecule has 200 valence electrons. The van der Waals surface area contributed by atoms with Crippen molar-refractivity contribution in [2.45, 2.75) is 12.5 Å². The van der Waals surface area contributed by atoms with Gasteiger partial charge < -0.3 is 30.3 Å². The number of hydrogen-bond acceptors (Lipinski definition) is 9. The molecule has 1 atom stereocenters. The summed E-state index contributed by atoms with van der Waals surface area (Å²) in [5.74, 6) is -5.75. The highest BCUT2D eigenvalue weighted by Crippen LogP contribution is 2.11. The third-order valence-electron chi connectivity index (χ3n) is 4.98. The molecule has 0 aliphatic heterocycles. The summed E-state index contributed by atoms with van der Waals surface area (Å²) in [6.45, 7) is -2.56. The van der Waals surface area contributed by atoms with Crippen LogP contribution < -0.4 is 4.74 Å². The smallest absolute Gasteiger partial charge is 0.321 e. The van der Waals surface area contributed by atoms with Gasteiger partial charge in [-0.15, -0.1) is 0 Å². The Morgan fingerprint density at radius 1 is 0.667 bits per heavy atom. The number of carbonyl (C=O) groups is 5. The van der Waals surface area contributed by atoms with Crippen LogP contribution in [0.25, 0.3) is 0 Å². The molecule has 1 aromatic carbocycles. The average molecular weight is 514 g/mol. The molecule has 14 nitrogen and oxygen atoms in total. The first-order valence-electron chi connectivity index (χ1n) is 10.9. The van der Waals surface area contributed by atoms with E-state index in [0.717, 1.165) is 4.90 Å². The van der Waals surface area contributed by atoms with Crippen LogP contribution in [0.4, 0.5) is 0 Å². The van der Waals surface area contributed by atoms with E-state index < -0.39 is 62.1 Å². The molecule has 36 heavy (non-hydrogen) atoms. The van der Waals surface area contributed by atoms with Crippen molar-refractivity contribution >= 4 is 29.8 Å². The minimum absolute atomic E-state index is 0.00469. The lowest BCUT2D eigenvalue weighted by atomic mass is 10.1. The van der Waals surface area contributed by atoms with Crippen molar-refractivity contribution in [3.63, 3.8) is 0 Å². The monoisotopic (exact) mass is 513 g/mol. The molecule has 0 saturated carbocycles. The van der Waals surface area contributed by atoms with E-state index in [-0.39, 0.29) is 39.2 Å². The molecular weight excluding hydrogens is 482 g/mol. The molecule has 0 heterocycles. The lowest BCUT2D eigenvalue weighted by Gasteiger charge is -2.31. The van der Waals surface area contributed by atoms with Crippen LogP contribution in [0.5, 0.6) is 5.75 Å². The number of para-hydroxylation sites is 1. The van der Waals surface area contributed by atoms with E-state index in [4.69, 9.17) is 14.9 Å². The molecule has 1 rings (SSSR count). The fourth-order valence-electron chi connectivity index (χ4n) is 3.40. The fourth-order valence-corrected chi connectivity index (χ4v) is 3.40. The number of ether oxygens (including phenoxy) is 1. The van der Waals surface area contributed by atoms with Gasteiger partial charge in [0.05, 0.1) is 32.8 Å². The van der Waals surface area contributed by atoms with Crippen molar-refractivity contribution in [3.05, 3.63) is 30.3 Å². The van der Waals surface area contributed by atoms with Gasteiger partial charge in [-0.05, 0) is 12.1 Å². The van der Waals surface area contributed by atoms with Gasteiger partial charge in [0.1, 0.15) is 11.8 Å². The van der Waals surface area contributed by atoms with Crippen molar-refractivity contribution in [3.8, 4) is 5.75 Å². The number of rotatable bonds is 20. The quantitative estimate of drug-likeness (QED) is 0.144. The van der Waals surface area contributed by atoms with Crippen LogP contribution in [0.2, 0.25) is 0 Å². The SMILES string of the molecule is O=C(O)CN(CCN(CC(=O)O)CC(=O)O)CCN(CC(=O)O)[C@H](CCOc1ccccc1)C(=O)O. The van der Waals surface area contributed by atoms with Gasteiger partial charge in [0.15, 0.2) is 0 Å². The Morgan fingerprint density at radius 2 is 1.14 bits per heavy atom. The van der Waals surface area contributed by atoms with Gasteiger partial charge in [-0.2, -0.15) is 0 Å². The average Bonchev–Trinajstić information content (AvgIpc) is 2.76. The normalized spacial score (nSPS) is 12.0. The van der Waals surface area contributed by atoms with Gasteiger partial charge in [0.25, 0.3) is 0 Å². The third kappa shape index (κ3) is 13.2. The number of hydrogen-bond donors (Lipinski definition) is 5. The van der Waals surface area contributed by atoms with Crippen LogP contribution in [0.15, 0.2) is 30.3 Å². The van der Waals surface area contributed by atoms with Crippen molar-refractivity contribution < 1.29 is 54.2 Å². The summed E-state index contributed by atoms with van der Waals surface area (Å²) in [5.41, 5.74) is 0. The molecule has 0 aliphatic rings. The molecule has 0 radical (unpaired) electrons. The van der Waals surface area contributed by atoms with Gasteiger partial charge in [-0.25, -0.2) is 0 Å². The fraction of sp³-hybridized carbons (Fsp3) is 0.500. The highest BCUT2D eigenvalue weighted by molar-refractivity contribution is 5.75. The molecule has 0 fully saturated rings. The first kappa shape index (κ1) is 30.3. The molecule has 0 spiro atoms. The number of carboxylic acids is 5. The Hall–Kier alpha value is -3.75. The van der Waals surface area contributed by atoms with Gasteiger partial charge in [-0.3, -0.25) is 38.7 Å². The highest BCUT2D eigenvalue weighted by Gasteiger charge is 2.28. The zero-order chi connectivity index (χ0) is 27.1. The van der Waals surface area contributed by atoms with Crippen molar-refractivity contribution in [2.75, 3.05) is 59.0 Å². The lowest BCUT2D eigenvalue weighted by molar-refractivity contribution is -0.147. The maximum absolute atomic E-state index is 11.9. The summed E-state index contributed by atoms with van der Waals surface area (Å²) >= 11 is 0. The molecule has 1 aromatic rings. The van der Waals surface area contributed by atoms with Crippen LogP contribution >= 0.6 is 0 Å². The van der Waals surface area contributed by atoms with E-state index in [0.29, 0.717) is 5.75 Å². The molecule has 0 bridgehead atoms. The zero-order valence-electron chi connectivity index (χ0n) is 19.6. The van der Waals surface area contributed by atoms with Crippen LogP contribution in [0, 0.1) is 0 Å². The molecule has 0 aliphatic carbocycles. The van der Waals surface area contributed by atoms with E-state index in [1.165, 1.54) is 9.80 Å². The molecule has 14 heteroatoms. The largest absolute Gasteiger partial charge is 0.494 e. The van der Waals surface area contributed by atoms with Gasteiger partial charge >= 0.3 is 29.8 Å². The predicted octanol–water partition coefficient (Wildman–Crippen LogP) is -0.847. The van der Waals surface area contributed by atoms with Gasteiger partial charge in [0, 0.05) is 32.6 Å². The zero-order valence-corrected chi connectivity index (χ0v) is 19.6. The summed E-state index contributed by atoms with van der Waals surface area (Å²) < 4.78 is 5.52. The Balaban J connectivity index is 2.85. The van der Waals surface area contributed by atoms with E-state index in [9.17, 15) is 39.3 Å². The molecule has 0 amide bonds. The third-order valence-corrected chi connectivity index (χ3v) is 4.98. The second-order valence-corrected chi connectivity index (χ2v) is 7.84. The summed E-state index contributed by atoms with van der Waals surface area (Å²) in [6, 6.07) is 7.41. The van der Waals surface area contributed by atoms with Crippen LogP contribution in [-0.4, -0.2) is 135 Å². The Bertz CT molecular complexity index is 865. The highest BCUT2D eigenvalue weighted by atomic mass is 16.5. The number of carboxylic acid groups (broad SMARTS) is 5. The molecule has 5 N–H and O–H groups in total. The van der Waals surface area contributed by atoms with E-state index in [1.807, 2.05) is 0 Å². The topological polar surface area (TPSA) is 205 Å². The maximum atomic E-state index is 11.9. The minimum Gasteiger partial charge on any atom is -0.494 e. The van der Waals surface area contributed by atoms with E-state index in [1.54, 1.807) is 30.3 Å². The number of nitrogens with zero attached hydrogens (tertiary/aromatic N) is 3. The van der Waals surface area contributed by atoms with Crippen LogP contribution in [0.1, 0.15) is 6.42 Å². The van der Waals surface area contributed by atoms with E-state index >= 15 is 0 Å². The maximum Gasteiger partial charge on any atom is 0.321 e. The van der Waals surface area contributed by atoms with Crippen molar-refractivity contribution in [1.29, 1.82) is 0 Å². The van der Waals surface area contributed by atoms with Crippen LogP contribution in [-0.2, 0) is 24.0 Å². The first-order chi connectivity index (χ1) is 17.0. The molecule has 0 aromatic heterocycles. The summed E-state index contributed by atoms with van der Waals surface area (Å²) in [7, 11) is 0. The lowest BCUT2D eigenvalue weighted by Crippen LogP contribution is -2.49. The number of benzene rings is 1. The van der Waals surface area contributed by atoms with Crippen molar-refractivity contribution in [1.82, 2.24) is 14.7 Å². The molecular formula is C22H31N3O11. The Morgan fingerprint density at radius 3 is 1.64 bits per heavy atom.